The van der Waals surface area contributed by atoms with E-state index in [1.165, 1.54) is 5.56 Å². The van der Waals surface area contributed by atoms with Gasteiger partial charge in [-0.1, -0.05) is 11.6 Å². The van der Waals surface area contributed by atoms with Crippen molar-refractivity contribution in [2.75, 3.05) is 6.26 Å². The lowest BCUT2D eigenvalue weighted by Gasteiger charge is -2.07. The standard InChI is InChI=1S/C14H17ClN2OS/c1-8-6-11(12(15)7-9(8)2)13-10(3)14(19(5)18)17(4)16-13/h6-7H,1-5H3. The van der Waals surface area contributed by atoms with Gasteiger partial charge in [-0.3, -0.25) is 8.89 Å². The van der Waals surface area contributed by atoms with Gasteiger partial charge in [0, 0.05) is 24.4 Å². The summed E-state index contributed by atoms with van der Waals surface area (Å²) in [4.78, 5) is 0. The molecule has 3 nitrogen and oxygen atoms in total. The summed E-state index contributed by atoms with van der Waals surface area (Å²) in [5.41, 5.74) is 4.95. The lowest BCUT2D eigenvalue weighted by Crippen LogP contribution is -2.00. The van der Waals surface area contributed by atoms with E-state index in [-0.39, 0.29) is 0 Å². The maximum atomic E-state index is 11.8. The molecule has 0 aliphatic heterocycles. The average molecular weight is 297 g/mol. The highest BCUT2D eigenvalue weighted by Crippen LogP contribution is 2.33. The van der Waals surface area contributed by atoms with Gasteiger partial charge in [0.05, 0.1) is 21.5 Å². The van der Waals surface area contributed by atoms with Crippen LogP contribution in [0.3, 0.4) is 0 Å². The quantitative estimate of drug-likeness (QED) is 0.851. The van der Waals surface area contributed by atoms with Gasteiger partial charge in [0.2, 0.25) is 0 Å². The number of hydrogen-bond donors (Lipinski definition) is 0. The number of aromatic nitrogens is 2. The molecule has 2 rings (SSSR count). The number of rotatable bonds is 2. The van der Waals surface area contributed by atoms with Crippen molar-refractivity contribution in [2.45, 2.75) is 25.8 Å². The van der Waals surface area contributed by atoms with Crippen LogP contribution in [0.25, 0.3) is 11.3 Å². The lowest BCUT2D eigenvalue weighted by atomic mass is 10.0. The first-order valence-electron chi connectivity index (χ1n) is 5.97. The molecule has 1 atom stereocenters. The van der Waals surface area contributed by atoms with Gasteiger partial charge in [-0.25, -0.2) is 0 Å². The van der Waals surface area contributed by atoms with Crippen molar-refractivity contribution in [1.29, 1.82) is 0 Å². The first kappa shape index (κ1) is 14.3. The van der Waals surface area contributed by atoms with E-state index < -0.39 is 10.8 Å². The van der Waals surface area contributed by atoms with Crippen molar-refractivity contribution < 1.29 is 4.21 Å². The Labute approximate surface area is 121 Å². The molecule has 1 aromatic heterocycles. The summed E-state index contributed by atoms with van der Waals surface area (Å²) < 4.78 is 13.4. The minimum atomic E-state index is -1.06. The molecule has 1 unspecified atom stereocenters. The van der Waals surface area contributed by atoms with Crippen LogP contribution in [0, 0.1) is 20.8 Å². The van der Waals surface area contributed by atoms with Gasteiger partial charge >= 0.3 is 0 Å². The minimum absolute atomic E-state index is 0.678. The molecule has 0 radical (unpaired) electrons. The summed E-state index contributed by atoms with van der Waals surface area (Å²) in [7, 11) is 0.744. The molecule has 1 aromatic carbocycles. The van der Waals surface area contributed by atoms with Crippen molar-refractivity contribution in [2.24, 2.45) is 7.05 Å². The van der Waals surface area contributed by atoms with Crippen LogP contribution < -0.4 is 0 Å². The van der Waals surface area contributed by atoms with Crippen molar-refractivity contribution >= 4 is 22.4 Å². The molecule has 0 spiro atoms. The summed E-state index contributed by atoms with van der Waals surface area (Å²) in [5, 5.41) is 5.89. The van der Waals surface area contributed by atoms with E-state index >= 15 is 0 Å². The van der Waals surface area contributed by atoms with Crippen LogP contribution >= 0.6 is 11.6 Å². The fourth-order valence-electron chi connectivity index (χ4n) is 2.23. The molecular formula is C14H17ClN2OS. The molecule has 2 aromatic rings. The Morgan fingerprint density at radius 1 is 1.21 bits per heavy atom. The number of aryl methyl sites for hydroxylation is 3. The molecule has 1 heterocycles. The smallest absolute Gasteiger partial charge is 0.128 e. The third-order valence-corrected chi connectivity index (χ3v) is 4.76. The summed E-state index contributed by atoms with van der Waals surface area (Å²) in [6.07, 6.45) is 1.66. The Morgan fingerprint density at radius 3 is 2.32 bits per heavy atom. The van der Waals surface area contributed by atoms with E-state index in [1.807, 2.05) is 40.0 Å². The Bertz CT molecular complexity index is 677. The van der Waals surface area contributed by atoms with Crippen LogP contribution in [0.2, 0.25) is 5.02 Å². The zero-order valence-electron chi connectivity index (χ0n) is 11.7. The number of halogens is 1. The maximum absolute atomic E-state index is 11.8. The zero-order valence-corrected chi connectivity index (χ0v) is 13.3. The number of nitrogens with zero attached hydrogens (tertiary/aromatic N) is 2. The molecule has 0 saturated carbocycles. The van der Waals surface area contributed by atoms with Gasteiger partial charge in [0.25, 0.3) is 0 Å². The van der Waals surface area contributed by atoms with Crippen LogP contribution in [-0.2, 0) is 17.8 Å². The molecule has 19 heavy (non-hydrogen) atoms. The van der Waals surface area contributed by atoms with Crippen molar-refractivity contribution in [3.8, 4) is 11.3 Å². The fraction of sp³-hybridized carbons (Fsp3) is 0.357. The highest BCUT2D eigenvalue weighted by atomic mass is 35.5. The molecule has 0 aliphatic rings. The lowest BCUT2D eigenvalue weighted by molar-refractivity contribution is 0.654. The van der Waals surface area contributed by atoms with Gasteiger partial charge < -0.3 is 0 Å². The summed E-state index contributed by atoms with van der Waals surface area (Å²) in [5.74, 6) is 0. The van der Waals surface area contributed by atoms with Crippen molar-refractivity contribution in [1.82, 2.24) is 9.78 Å². The molecule has 0 aliphatic carbocycles. The highest BCUT2D eigenvalue weighted by Gasteiger charge is 2.18. The van der Waals surface area contributed by atoms with Crippen molar-refractivity contribution in [3.05, 3.63) is 33.8 Å². The van der Waals surface area contributed by atoms with Crippen LogP contribution in [-0.4, -0.2) is 20.2 Å². The fourth-order valence-corrected chi connectivity index (χ4v) is 3.48. The summed E-state index contributed by atoms with van der Waals surface area (Å²) >= 11 is 6.32. The summed E-state index contributed by atoms with van der Waals surface area (Å²) in [6.45, 7) is 6.01. The third kappa shape index (κ3) is 2.47. The number of hydrogen-bond acceptors (Lipinski definition) is 2. The predicted octanol–water partition coefficient (Wildman–Crippen LogP) is 3.40. The molecule has 5 heteroatoms. The minimum Gasteiger partial charge on any atom is -0.259 e. The van der Waals surface area contributed by atoms with Crippen molar-refractivity contribution in [3.63, 3.8) is 0 Å². The first-order chi connectivity index (χ1) is 8.82. The third-order valence-electron chi connectivity index (χ3n) is 3.33. The summed E-state index contributed by atoms with van der Waals surface area (Å²) in [6, 6.07) is 3.98. The van der Waals surface area contributed by atoms with Crippen LogP contribution in [0.5, 0.6) is 0 Å². The Hall–Kier alpha value is -1.13. The molecular weight excluding hydrogens is 280 g/mol. The Morgan fingerprint density at radius 2 is 1.79 bits per heavy atom. The molecule has 102 valence electrons. The Kier molecular flexibility index (Phi) is 3.83. The Balaban J connectivity index is 2.70. The van der Waals surface area contributed by atoms with E-state index in [1.54, 1.807) is 10.9 Å². The highest BCUT2D eigenvalue weighted by molar-refractivity contribution is 7.84. The maximum Gasteiger partial charge on any atom is 0.128 e. The van der Waals surface area contributed by atoms with E-state index in [4.69, 9.17) is 11.6 Å². The van der Waals surface area contributed by atoms with Gasteiger partial charge in [-0.05, 0) is 44.0 Å². The van der Waals surface area contributed by atoms with Gasteiger partial charge in [-0.15, -0.1) is 0 Å². The van der Waals surface area contributed by atoms with E-state index in [9.17, 15) is 4.21 Å². The second-order valence-electron chi connectivity index (χ2n) is 4.77. The van der Waals surface area contributed by atoms with Gasteiger partial charge in [0.1, 0.15) is 5.03 Å². The first-order valence-corrected chi connectivity index (χ1v) is 7.90. The average Bonchev–Trinajstić information content (AvgIpc) is 2.59. The second kappa shape index (κ2) is 5.10. The van der Waals surface area contributed by atoms with Crippen LogP contribution in [0.15, 0.2) is 17.2 Å². The molecule has 0 bridgehead atoms. The molecule has 0 amide bonds. The second-order valence-corrected chi connectivity index (χ2v) is 6.47. The monoisotopic (exact) mass is 296 g/mol. The van der Waals surface area contributed by atoms with Crippen LogP contribution in [0.4, 0.5) is 0 Å². The van der Waals surface area contributed by atoms with E-state index in [0.717, 1.165) is 27.4 Å². The normalized spacial score (nSPS) is 12.7. The zero-order chi connectivity index (χ0) is 14.3. The SMILES string of the molecule is Cc1cc(Cl)c(-c2nn(C)c(S(C)=O)c2C)cc1C. The van der Waals surface area contributed by atoms with E-state index in [0.29, 0.717) is 5.02 Å². The number of benzene rings is 1. The predicted molar refractivity (Wildman–Crippen MR) is 80.2 cm³/mol. The van der Waals surface area contributed by atoms with Gasteiger partial charge in [0.15, 0.2) is 0 Å². The molecule has 0 N–H and O–H groups in total. The van der Waals surface area contributed by atoms with Crippen LogP contribution in [0.1, 0.15) is 16.7 Å². The van der Waals surface area contributed by atoms with E-state index in [2.05, 4.69) is 5.10 Å². The largest absolute Gasteiger partial charge is 0.259 e. The molecule has 0 saturated heterocycles. The molecule has 0 fully saturated rings. The van der Waals surface area contributed by atoms with Gasteiger partial charge in [-0.2, -0.15) is 5.10 Å². The topological polar surface area (TPSA) is 34.9 Å².